The first-order chi connectivity index (χ1) is 11.3. The molecule has 2 N–H and O–H groups in total. The van der Waals surface area contributed by atoms with Crippen molar-refractivity contribution < 1.29 is 9.53 Å². The van der Waals surface area contributed by atoms with Crippen LogP contribution in [0.25, 0.3) is 0 Å². The Morgan fingerprint density at radius 1 is 1.40 bits per heavy atom. The Hall–Kier alpha value is -1.83. The first kappa shape index (κ1) is 21.2. The molecule has 138 valence electrons. The molecule has 3 rings (SSSR count). The van der Waals surface area contributed by atoms with Crippen LogP contribution in [0, 0.1) is 5.92 Å². The number of hydrogen-bond donors (Lipinski definition) is 2. The van der Waals surface area contributed by atoms with Crippen LogP contribution in [0.15, 0.2) is 36.9 Å². The minimum Gasteiger partial charge on any atom is -0.492 e. The molecule has 1 fully saturated rings. The maximum Gasteiger partial charge on any atom is 0.228 e. The normalized spacial score (nSPS) is 16.2. The molecule has 9 heteroatoms. The standard InChI is InChI=1S/C16H21N5O2.2ClH/c22-16(13-3-2-6-17-10-13)20-14-4-1-5-15(9-14)23-8-7-21-12-18-11-19-21;;/h1,4-5,9,11-13,17H,2-3,6-8,10H2,(H,20,22);2*1H. The van der Waals surface area contributed by atoms with Crippen molar-refractivity contribution in [3.63, 3.8) is 0 Å². The first-order valence-electron chi connectivity index (χ1n) is 7.88. The molecule has 0 aliphatic carbocycles. The van der Waals surface area contributed by atoms with Crippen molar-refractivity contribution in [2.45, 2.75) is 19.4 Å². The average molecular weight is 388 g/mol. The fourth-order valence-corrected chi connectivity index (χ4v) is 2.59. The number of hydrogen-bond acceptors (Lipinski definition) is 5. The molecule has 1 saturated heterocycles. The van der Waals surface area contributed by atoms with E-state index in [1.165, 1.54) is 6.33 Å². The van der Waals surface area contributed by atoms with Gasteiger partial charge in [0.25, 0.3) is 0 Å². The van der Waals surface area contributed by atoms with Crippen molar-refractivity contribution in [1.29, 1.82) is 0 Å². The van der Waals surface area contributed by atoms with Gasteiger partial charge in [-0.3, -0.25) is 4.79 Å². The van der Waals surface area contributed by atoms with E-state index in [-0.39, 0.29) is 36.6 Å². The van der Waals surface area contributed by atoms with E-state index in [2.05, 4.69) is 20.7 Å². The van der Waals surface area contributed by atoms with Gasteiger partial charge < -0.3 is 15.4 Å². The molecule has 1 aromatic carbocycles. The number of rotatable bonds is 6. The van der Waals surface area contributed by atoms with Gasteiger partial charge in [0.15, 0.2) is 0 Å². The van der Waals surface area contributed by atoms with E-state index in [0.717, 1.165) is 37.4 Å². The van der Waals surface area contributed by atoms with Crippen molar-refractivity contribution in [3.05, 3.63) is 36.9 Å². The van der Waals surface area contributed by atoms with Crippen LogP contribution in [0.1, 0.15) is 12.8 Å². The molecule has 7 nitrogen and oxygen atoms in total. The van der Waals surface area contributed by atoms with Crippen LogP contribution in [0.4, 0.5) is 5.69 Å². The molecule has 25 heavy (non-hydrogen) atoms. The Balaban J connectivity index is 0.00000156. The second-order valence-electron chi connectivity index (χ2n) is 5.57. The Morgan fingerprint density at radius 2 is 2.28 bits per heavy atom. The monoisotopic (exact) mass is 387 g/mol. The second-order valence-corrected chi connectivity index (χ2v) is 5.57. The summed E-state index contributed by atoms with van der Waals surface area (Å²) in [5, 5.41) is 10.2. The number of anilines is 1. The Kier molecular flexibility index (Phi) is 9.26. The van der Waals surface area contributed by atoms with Gasteiger partial charge in [-0.15, -0.1) is 24.8 Å². The number of carbonyl (C=O) groups is 1. The number of halogens is 2. The number of aromatic nitrogens is 3. The minimum absolute atomic E-state index is 0. The second kappa shape index (κ2) is 10.9. The van der Waals surface area contributed by atoms with E-state index in [1.807, 2.05) is 24.3 Å². The fraction of sp³-hybridized carbons (Fsp3) is 0.438. The number of ether oxygens (including phenoxy) is 1. The molecular formula is C16H23Cl2N5O2. The molecule has 1 amide bonds. The molecule has 1 aliphatic heterocycles. The highest BCUT2D eigenvalue weighted by Crippen LogP contribution is 2.19. The zero-order chi connectivity index (χ0) is 15.9. The molecule has 1 atom stereocenters. The van der Waals surface area contributed by atoms with Gasteiger partial charge in [0.2, 0.25) is 5.91 Å². The molecule has 1 aromatic heterocycles. The lowest BCUT2D eigenvalue weighted by molar-refractivity contribution is -0.120. The highest BCUT2D eigenvalue weighted by Gasteiger charge is 2.20. The number of piperidine rings is 1. The molecule has 2 heterocycles. The lowest BCUT2D eigenvalue weighted by atomic mass is 9.99. The molecule has 1 aliphatic rings. The van der Waals surface area contributed by atoms with Gasteiger partial charge in [0, 0.05) is 18.3 Å². The van der Waals surface area contributed by atoms with Crippen LogP contribution in [0.5, 0.6) is 5.75 Å². The van der Waals surface area contributed by atoms with Gasteiger partial charge in [-0.25, -0.2) is 9.67 Å². The maximum atomic E-state index is 12.2. The zero-order valence-corrected chi connectivity index (χ0v) is 15.4. The summed E-state index contributed by atoms with van der Waals surface area (Å²) >= 11 is 0. The quantitative estimate of drug-likeness (QED) is 0.793. The topological polar surface area (TPSA) is 81.1 Å². The smallest absolute Gasteiger partial charge is 0.228 e. The zero-order valence-electron chi connectivity index (χ0n) is 13.8. The highest BCUT2D eigenvalue weighted by molar-refractivity contribution is 5.92. The van der Waals surface area contributed by atoms with E-state index >= 15 is 0 Å². The van der Waals surface area contributed by atoms with Gasteiger partial charge in [0.1, 0.15) is 25.0 Å². The highest BCUT2D eigenvalue weighted by atomic mass is 35.5. The van der Waals surface area contributed by atoms with E-state index in [4.69, 9.17) is 4.74 Å². The summed E-state index contributed by atoms with van der Waals surface area (Å²) in [6.45, 7) is 2.87. The van der Waals surface area contributed by atoms with Crippen molar-refractivity contribution in [3.8, 4) is 5.75 Å². The summed E-state index contributed by atoms with van der Waals surface area (Å²) < 4.78 is 7.40. The van der Waals surface area contributed by atoms with Crippen molar-refractivity contribution >= 4 is 36.4 Å². The van der Waals surface area contributed by atoms with Crippen molar-refractivity contribution in [2.75, 3.05) is 25.0 Å². The predicted molar refractivity (Wildman–Crippen MR) is 101 cm³/mol. The number of nitrogens with one attached hydrogen (secondary N) is 2. The lowest BCUT2D eigenvalue weighted by Gasteiger charge is -2.22. The predicted octanol–water partition coefficient (Wildman–Crippen LogP) is 2.14. The average Bonchev–Trinajstić information content (AvgIpc) is 3.09. The van der Waals surface area contributed by atoms with Gasteiger partial charge in [-0.05, 0) is 31.5 Å². The molecule has 1 unspecified atom stereocenters. The number of carbonyl (C=O) groups excluding carboxylic acids is 1. The van der Waals surface area contributed by atoms with Crippen LogP contribution >= 0.6 is 24.8 Å². The van der Waals surface area contributed by atoms with Gasteiger partial charge in [-0.1, -0.05) is 6.07 Å². The van der Waals surface area contributed by atoms with Crippen LogP contribution < -0.4 is 15.4 Å². The third-order valence-electron chi connectivity index (χ3n) is 3.82. The van der Waals surface area contributed by atoms with Crippen molar-refractivity contribution in [2.24, 2.45) is 5.92 Å². The van der Waals surface area contributed by atoms with E-state index in [1.54, 1.807) is 11.0 Å². The van der Waals surface area contributed by atoms with Gasteiger partial charge >= 0.3 is 0 Å². The van der Waals surface area contributed by atoms with E-state index in [9.17, 15) is 4.79 Å². The molecule has 2 aromatic rings. The van der Waals surface area contributed by atoms with Crippen LogP contribution in [-0.2, 0) is 11.3 Å². The molecular weight excluding hydrogens is 365 g/mol. The maximum absolute atomic E-state index is 12.2. The summed E-state index contributed by atoms with van der Waals surface area (Å²) in [6.07, 6.45) is 5.13. The summed E-state index contributed by atoms with van der Waals surface area (Å²) in [6, 6.07) is 7.46. The largest absolute Gasteiger partial charge is 0.492 e. The summed E-state index contributed by atoms with van der Waals surface area (Å²) in [7, 11) is 0. The summed E-state index contributed by atoms with van der Waals surface area (Å²) in [4.78, 5) is 16.1. The van der Waals surface area contributed by atoms with Crippen LogP contribution in [0.3, 0.4) is 0 Å². The number of nitrogens with zero attached hydrogens (tertiary/aromatic N) is 3. The van der Waals surface area contributed by atoms with Gasteiger partial charge in [0.05, 0.1) is 12.5 Å². The lowest BCUT2D eigenvalue weighted by Crippen LogP contribution is -2.37. The number of amides is 1. The summed E-state index contributed by atoms with van der Waals surface area (Å²) in [5.74, 6) is 0.835. The van der Waals surface area contributed by atoms with E-state index in [0.29, 0.717) is 13.2 Å². The first-order valence-corrected chi connectivity index (χ1v) is 7.88. The third-order valence-corrected chi connectivity index (χ3v) is 3.82. The Morgan fingerprint density at radius 3 is 3.00 bits per heavy atom. The fourth-order valence-electron chi connectivity index (χ4n) is 2.59. The van der Waals surface area contributed by atoms with Crippen LogP contribution in [0.2, 0.25) is 0 Å². The van der Waals surface area contributed by atoms with Crippen LogP contribution in [-0.4, -0.2) is 40.4 Å². The SMILES string of the molecule is Cl.Cl.O=C(Nc1cccc(OCCn2cncn2)c1)C1CCCNC1. The number of benzene rings is 1. The Bertz CT molecular complexity index is 633. The molecule has 0 saturated carbocycles. The van der Waals surface area contributed by atoms with Crippen molar-refractivity contribution in [1.82, 2.24) is 20.1 Å². The molecule has 0 radical (unpaired) electrons. The summed E-state index contributed by atoms with van der Waals surface area (Å²) in [5.41, 5.74) is 0.763. The molecule has 0 bridgehead atoms. The third kappa shape index (κ3) is 6.53. The minimum atomic E-state index is 0. The van der Waals surface area contributed by atoms with Gasteiger partial charge in [-0.2, -0.15) is 5.10 Å². The van der Waals surface area contributed by atoms with E-state index < -0.39 is 0 Å². The Labute approximate surface area is 159 Å². The molecule has 0 spiro atoms.